The molecular formula is C51H61ClF3N7O8S3. The maximum absolute atomic E-state index is 14.2. The minimum absolute atomic E-state index is 0.00733. The van der Waals surface area contributed by atoms with E-state index >= 15 is 0 Å². The number of carbonyl (C=O) groups excluding carboxylic acids is 1. The Morgan fingerprint density at radius 2 is 1.67 bits per heavy atom. The van der Waals surface area contributed by atoms with Crippen molar-refractivity contribution >= 4 is 75.5 Å². The third kappa shape index (κ3) is 12.4. The van der Waals surface area contributed by atoms with Crippen molar-refractivity contribution in [3.8, 4) is 11.5 Å². The van der Waals surface area contributed by atoms with E-state index in [2.05, 4.69) is 55.8 Å². The molecule has 0 bridgehead atoms. The van der Waals surface area contributed by atoms with E-state index in [4.69, 9.17) is 21.1 Å². The molecule has 4 N–H and O–H groups in total. The number of aromatic nitrogens is 2. The molecular weight excluding hydrogens is 1030 g/mol. The zero-order chi connectivity index (χ0) is 51.8. The number of ether oxygens (including phenoxy) is 2. The number of amides is 1. The number of H-pyrrole nitrogens is 1. The number of rotatable bonds is 15. The maximum atomic E-state index is 14.2. The van der Waals surface area contributed by atoms with Crippen LogP contribution in [0.15, 0.2) is 101 Å². The molecule has 2 aliphatic carbocycles. The fraction of sp³-hybridized carbons (Fsp3) is 0.451. The summed E-state index contributed by atoms with van der Waals surface area (Å²) in [5, 5.41) is 4.23. The third-order valence-electron chi connectivity index (χ3n) is 14.5. The van der Waals surface area contributed by atoms with Crippen molar-refractivity contribution in [1.29, 1.82) is 0 Å². The summed E-state index contributed by atoms with van der Waals surface area (Å²) in [4.78, 5) is 23.9. The highest BCUT2D eigenvalue weighted by atomic mass is 35.5. The van der Waals surface area contributed by atoms with Gasteiger partial charge in [0.2, 0.25) is 0 Å². The normalized spacial score (nSPS) is 21.4. The molecule has 5 aromatic rings. The van der Waals surface area contributed by atoms with Gasteiger partial charge >= 0.3 is 5.51 Å². The van der Waals surface area contributed by atoms with Crippen molar-refractivity contribution in [2.45, 2.75) is 80.1 Å². The monoisotopic (exact) mass is 1090 g/mol. The number of aromatic amines is 1. The van der Waals surface area contributed by atoms with Crippen LogP contribution in [0, 0.1) is 11.3 Å². The molecule has 0 spiro atoms. The molecule has 9 rings (SSSR count). The van der Waals surface area contributed by atoms with Gasteiger partial charge in [0.1, 0.15) is 22.0 Å². The van der Waals surface area contributed by atoms with E-state index < -0.39 is 56.9 Å². The molecule has 3 aromatic carbocycles. The Kier molecular flexibility index (Phi) is 15.4. The summed E-state index contributed by atoms with van der Waals surface area (Å²) < 4.78 is 127. The summed E-state index contributed by atoms with van der Waals surface area (Å²) in [5.41, 5.74) is -0.991. The van der Waals surface area contributed by atoms with E-state index in [1.54, 1.807) is 30.5 Å². The number of hydrogen-bond acceptors (Lipinski definition) is 12. The van der Waals surface area contributed by atoms with Crippen LogP contribution in [0.1, 0.15) is 74.7 Å². The minimum Gasteiger partial charge on any atom is -0.455 e. The number of hydrogen-bond donors (Lipinski definition) is 5. The molecule has 1 amide bonds. The molecule has 3 fully saturated rings. The van der Waals surface area contributed by atoms with Crippen LogP contribution in [0.4, 0.5) is 24.5 Å². The van der Waals surface area contributed by atoms with Crippen LogP contribution >= 0.6 is 11.6 Å². The lowest BCUT2D eigenvalue weighted by atomic mass is 9.72. The van der Waals surface area contributed by atoms with Gasteiger partial charge in [-0.1, -0.05) is 53.3 Å². The van der Waals surface area contributed by atoms with E-state index in [1.165, 1.54) is 29.0 Å². The third-order valence-corrected chi connectivity index (χ3v) is 20.2. The van der Waals surface area contributed by atoms with Crippen molar-refractivity contribution in [2.24, 2.45) is 11.3 Å². The number of piperazine rings is 1. The quantitative estimate of drug-likeness (QED) is 0.0628. The Bertz CT molecular complexity index is 3140. The second-order valence-electron chi connectivity index (χ2n) is 20.3. The van der Waals surface area contributed by atoms with Crippen LogP contribution in [0.2, 0.25) is 5.02 Å². The molecule has 1 saturated carbocycles. The summed E-state index contributed by atoms with van der Waals surface area (Å²) in [5.74, 6) is -0.0892. The van der Waals surface area contributed by atoms with Crippen LogP contribution in [0.3, 0.4) is 0 Å². The van der Waals surface area contributed by atoms with Crippen molar-refractivity contribution in [1.82, 2.24) is 24.3 Å². The van der Waals surface area contributed by atoms with Crippen LogP contribution in [-0.2, 0) is 34.7 Å². The van der Waals surface area contributed by atoms with Gasteiger partial charge in [0.15, 0.2) is 0 Å². The van der Waals surface area contributed by atoms with Crippen LogP contribution < -0.4 is 24.4 Å². The first-order valence-electron chi connectivity index (χ1n) is 24.5. The number of sulfone groups is 1. The molecule has 4 heterocycles. The number of fused-ring (bicyclic) bond motifs is 1. The first-order chi connectivity index (χ1) is 34.6. The average molecular weight is 1090 g/mol. The second-order valence-corrected chi connectivity index (χ2v) is 27.2. The molecule has 2 aliphatic heterocycles. The predicted molar refractivity (Wildman–Crippen MR) is 279 cm³/mol. The topological polar surface area (TPSA) is 192 Å². The van der Waals surface area contributed by atoms with Crippen molar-refractivity contribution in [3.63, 3.8) is 0 Å². The Labute approximate surface area is 430 Å². The standard InChI is InChI=1S/C51H61ClF3N7O8S3/c1-50(2)17-15-37(44(30-50)35-5-7-38(52)8-6-35)33-61-19-21-62(22-20-61)40-11-13-43(46(28-40)70-41-27-36-16-18-56-48(36)58-32-41)49(63)60-73(67,68)42-12-14-45(47(29-42)72(65,66)51(53,54)55)57-31-34-3-9-39(10-4-34)59-71(64)25-23-69-24-26-71/h5-8,11-14,16,18,27-29,32,34,39,57,71H,3-4,9-10,15,17,19-26,30-31,33H2,1-2H3,(H,56,58)(H,59,64)(H,60,63). The lowest BCUT2D eigenvalue weighted by molar-refractivity contribution is -0.0435. The Hall–Kier alpha value is -5.03. The highest BCUT2D eigenvalue weighted by Gasteiger charge is 2.48. The molecule has 15 nitrogen and oxygen atoms in total. The molecule has 4 aliphatic rings. The molecule has 0 atom stereocenters. The number of sulfonamides is 1. The number of benzene rings is 3. The number of halogens is 4. The molecule has 0 radical (unpaired) electrons. The first kappa shape index (κ1) is 52.8. The lowest BCUT2D eigenvalue weighted by Crippen LogP contribution is -2.49. The number of allylic oxidation sites excluding steroid dienone is 1. The van der Waals surface area contributed by atoms with Crippen LogP contribution in [-0.4, -0.2) is 117 Å². The van der Waals surface area contributed by atoms with E-state index in [0.29, 0.717) is 91.3 Å². The van der Waals surface area contributed by atoms with E-state index in [0.717, 1.165) is 51.0 Å². The summed E-state index contributed by atoms with van der Waals surface area (Å²) in [6, 6.07) is 18.6. The number of carbonyl (C=O) groups is 1. The van der Waals surface area contributed by atoms with Gasteiger partial charge in [0.25, 0.3) is 25.8 Å². The van der Waals surface area contributed by atoms with E-state index in [9.17, 15) is 39.0 Å². The second kappa shape index (κ2) is 21.3. The van der Waals surface area contributed by atoms with Crippen molar-refractivity contribution in [3.05, 3.63) is 107 Å². The van der Waals surface area contributed by atoms with E-state index in [1.807, 2.05) is 16.9 Å². The van der Waals surface area contributed by atoms with Crippen LogP contribution in [0.25, 0.3) is 16.6 Å². The first-order valence-corrected chi connectivity index (χ1v) is 30.0. The number of alkyl halides is 3. The van der Waals surface area contributed by atoms with Gasteiger partial charge in [-0.2, -0.15) is 13.2 Å². The average Bonchev–Trinajstić information content (AvgIpc) is 3.82. The van der Waals surface area contributed by atoms with Crippen molar-refractivity contribution < 1.29 is 48.5 Å². The Balaban J connectivity index is 0.916. The number of thiol groups is 1. The van der Waals surface area contributed by atoms with Gasteiger partial charge in [-0.25, -0.2) is 26.5 Å². The van der Waals surface area contributed by atoms with Gasteiger partial charge in [-0.15, -0.1) is 0 Å². The zero-order valence-corrected chi connectivity index (χ0v) is 43.9. The number of pyridine rings is 1. The molecule has 0 unspecified atom stereocenters. The summed E-state index contributed by atoms with van der Waals surface area (Å²) in [6.07, 6.45) is 8.79. The fourth-order valence-corrected chi connectivity index (χ4v) is 14.6. The van der Waals surface area contributed by atoms with Crippen LogP contribution in [0.5, 0.6) is 11.5 Å². The van der Waals surface area contributed by atoms with Gasteiger partial charge in [0.05, 0.1) is 35.6 Å². The summed E-state index contributed by atoms with van der Waals surface area (Å²) in [7, 11) is -13.6. The predicted octanol–water partition coefficient (Wildman–Crippen LogP) is 8.73. The van der Waals surface area contributed by atoms with E-state index in [-0.39, 0.29) is 41.0 Å². The molecule has 22 heteroatoms. The maximum Gasteiger partial charge on any atom is 0.501 e. The minimum atomic E-state index is -6.09. The lowest BCUT2D eigenvalue weighted by Gasteiger charge is -2.39. The van der Waals surface area contributed by atoms with Gasteiger partial charge in [-0.05, 0) is 122 Å². The number of nitrogens with zero attached hydrogens (tertiary/aromatic N) is 3. The highest BCUT2D eigenvalue weighted by molar-refractivity contribution is 8.01. The Morgan fingerprint density at radius 3 is 2.38 bits per heavy atom. The SMILES string of the molecule is CC1(C)CCC(CN2CCN(c3ccc(C(=O)NS(=O)(=O)c4ccc(NCC5CCC(N[SH]6(=O)CCOCC6)CC5)c(S(=O)(=O)C(F)(F)F)c4)c(Oc4cnc5[nH]ccc5c4)c3)CC2)=C(c2ccc(Cl)cc2)C1. The van der Waals surface area contributed by atoms with Gasteiger partial charge in [-0.3, -0.25) is 18.6 Å². The largest absolute Gasteiger partial charge is 0.501 e. The van der Waals surface area contributed by atoms with Crippen molar-refractivity contribution in [2.75, 3.05) is 74.2 Å². The summed E-state index contributed by atoms with van der Waals surface area (Å²) in [6.45, 7) is 9.15. The highest BCUT2D eigenvalue weighted by Crippen LogP contribution is 2.44. The molecule has 2 aromatic heterocycles. The molecule has 73 heavy (non-hydrogen) atoms. The smallest absolute Gasteiger partial charge is 0.455 e. The fourth-order valence-electron chi connectivity index (χ4n) is 10.2. The molecule has 2 saturated heterocycles. The van der Waals surface area contributed by atoms with Gasteiger partial charge in [0, 0.05) is 85.2 Å². The van der Waals surface area contributed by atoms with Gasteiger partial charge < -0.3 is 24.7 Å². The zero-order valence-electron chi connectivity index (χ0n) is 40.6. The summed E-state index contributed by atoms with van der Waals surface area (Å²) >= 11 is 6.24. The number of nitrogens with one attached hydrogen (secondary N) is 4. The Morgan fingerprint density at radius 1 is 0.945 bits per heavy atom. The number of anilines is 2. The molecule has 394 valence electrons.